The summed E-state index contributed by atoms with van der Waals surface area (Å²) in [7, 11) is 0. The zero-order chi connectivity index (χ0) is 19.8. The SMILES string of the molecule is O=C1CSC(c2ccccc2Cl)N1NC1=Nc2ccccc2Sc2ccccc21. The van der Waals surface area contributed by atoms with Gasteiger partial charge in [0.1, 0.15) is 5.37 Å². The maximum Gasteiger partial charge on any atom is 0.252 e. The van der Waals surface area contributed by atoms with E-state index in [9.17, 15) is 4.79 Å². The van der Waals surface area contributed by atoms with Crippen LogP contribution in [0.2, 0.25) is 5.02 Å². The van der Waals surface area contributed by atoms with E-state index in [-0.39, 0.29) is 11.3 Å². The predicted molar refractivity (Wildman–Crippen MR) is 120 cm³/mol. The second kappa shape index (κ2) is 7.78. The molecule has 2 heterocycles. The van der Waals surface area contributed by atoms with E-state index in [1.807, 2.05) is 60.7 Å². The Balaban J connectivity index is 1.57. The van der Waals surface area contributed by atoms with Crippen LogP contribution in [0.15, 0.2) is 87.6 Å². The second-order valence-corrected chi connectivity index (χ2v) is 9.15. The van der Waals surface area contributed by atoms with Crippen LogP contribution >= 0.6 is 35.1 Å². The second-order valence-electron chi connectivity index (χ2n) is 6.59. The molecule has 2 aliphatic heterocycles. The lowest BCUT2D eigenvalue weighted by Crippen LogP contribution is -2.45. The minimum absolute atomic E-state index is 0.00489. The number of benzene rings is 3. The normalized spacial score (nSPS) is 18.0. The monoisotopic (exact) mass is 437 g/mol. The Morgan fingerprint density at radius 2 is 1.69 bits per heavy atom. The van der Waals surface area contributed by atoms with Gasteiger partial charge in [-0.15, -0.1) is 11.8 Å². The number of aliphatic imine (C=N–C) groups is 1. The molecule has 3 aromatic rings. The Kier molecular flexibility index (Phi) is 4.99. The number of nitrogens with one attached hydrogen (secondary N) is 1. The topological polar surface area (TPSA) is 44.7 Å². The Labute approximate surface area is 182 Å². The number of hydrogen-bond acceptors (Lipinski definition) is 5. The van der Waals surface area contributed by atoms with Crippen molar-refractivity contribution in [2.75, 3.05) is 5.75 Å². The fraction of sp³-hybridized carbons (Fsp3) is 0.0909. The third-order valence-electron chi connectivity index (χ3n) is 4.73. The first-order valence-electron chi connectivity index (χ1n) is 9.10. The summed E-state index contributed by atoms with van der Waals surface area (Å²) >= 11 is 9.66. The van der Waals surface area contributed by atoms with Crippen molar-refractivity contribution in [3.05, 3.63) is 88.9 Å². The highest BCUT2D eigenvalue weighted by atomic mass is 35.5. The molecule has 3 aromatic carbocycles. The molecular formula is C22H16ClN3OS2. The number of hydrazine groups is 1. The average molecular weight is 438 g/mol. The third-order valence-corrected chi connectivity index (χ3v) is 7.40. The molecule has 0 aromatic heterocycles. The number of carbonyl (C=O) groups excluding carboxylic acids is 1. The van der Waals surface area contributed by atoms with Crippen molar-refractivity contribution in [1.82, 2.24) is 10.4 Å². The van der Waals surface area contributed by atoms with E-state index in [0.29, 0.717) is 16.6 Å². The van der Waals surface area contributed by atoms with Crippen molar-refractivity contribution in [1.29, 1.82) is 0 Å². The van der Waals surface area contributed by atoms with Crippen molar-refractivity contribution in [3.8, 4) is 0 Å². The van der Waals surface area contributed by atoms with Gasteiger partial charge in [0, 0.05) is 25.9 Å². The molecule has 2 aliphatic rings. The number of carbonyl (C=O) groups is 1. The summed E-state index contributed by atoms with van der Waals surface area (Å²) < 4.78 is 0. The van der Waals surface area contributed by atoms with Gasteiger partial charge in [0.05, 0.1) is 11.4 Å². The lowest BCUT2D eigenvalue weighted by molar-refractivity contribution is -0.129. The van der Waals surface area contributed by atoms with Gasteiger partial charge in [0.15, 0.2) is 5.84 Å². The Bertz CT molecular complexity index is 1130. The molecule has 0 bridgehead atoms. The number of nitrogens with zero attached hydrogens (tertiary/aromatic N) is 2. The Morgan fingerprint density at radius 3 is 2.55 bits per heavy atom. The van der Waals surface area contributed by atoms with E-state index in [0.717, 1.165) is 26.6 Å². The molecule has 1 saturated heterocycles. The minimum Gasteiger partial charge on any atom is -0.277 e. The molecule has 1 atom stereocenters. The summed E-state index contributed by atoms with van der Waals surface area (Å²) in [5.41, 5.74) is 6.08. The van der Waals surface area contributed by atoms with Crippen LogP contribution in [0.3, 0.4) is 0 Å². The maximum absolute atomic E-state index is 12.7. The first-order chi connectivity index (χ1) is 14.2. The zero-order valence-electron chi connectivity index (χ0n) is 15.2. The standard InChI is InChI=1S/C22H16ClN3OS2/c23-16-9-3-1-7-14(16)22-26(20(27)13-28-22)25-21-15-8-2-5-11-18(15)29-19-12-6-4-10-17(19)24-21/h1-12,22H,13H2,(H,24,25). The number of fused-ring (bicyclic) bond motifs is 2. The molecule has 1 unspecified atom stereocenters. The molecular weight excluding hydrogens is 422 g/mol. The van der Waals surface area contributed by atoms with E-state index in [1.165, 1.54) is 0 Å². The largest absolute Gasteiger partial charge is 0.277 e. The van der Waals surface area contributed by atoms with Gasteiger partial charge in [0.2, 0.25) is 0 Å². The van der Waals surface area contributed by atoms with Gasteiger partial charge >= 0.3 is 0 Å². The fourth-order valence-electron chi connectivity index (χ4n) is 3.34. The number of rotatable bonds is 2. The lowest BCUT2D eigenvalue weighted by Gasteiger charge is -2.27. The smallest absolute Gasteiger partial charge is 0.252 e. The number of amides is 1. The highest BCUT2D eigenvalue weighted by Crippen LogP contribution is 2.42. The Morgan fingerprint density at radius 1 is 0.966 bits per heavy atom. The van der Waals surface area contributed by atoms with Gasteiger partial charge in [-0.1, -0.05) is 71.9 Å². The van der Waals surface area contributed by atoms with E-state index in [4.69, 9.17) is 16.6 Å². The number of para-hydroxylation sites is 1. The van der Waals surface area contributed by atoms with Crippen LogP contribution in [0, 0.1) is 0 Å². The van der Waals surface area contributed by atoms with Crippen molar-refractivity contribution in [3.63, 3.8) is 0 Å². The maximum atomic E-state index is 12.7. The van der Waals surface area contributed by atoms with Gasteiger partial charge in [-0.2, -0.15) is 0 Å². The van der Waals surface area contributed by atoms with Crippen LogP contribution in [0.5, 0.6) is 0 Å². The first-order valence-corrected chi connectivity index (χ1v) is 11.3. The molecule has 0 aliphatic carbocycles. The molecule has 1 N–H and O–H groups in total. The Hall–Kier alpha value is -2.41. The summed E-state index contributed by atoms with van der Waals surface area (Å²) in [5.74, 6) is 1.06. The number of halogens is 1. The van der Waals surface area contributed by atoms with E-state index < -0.39 is 0 Å². The molecule has 4 nitrogen and oxygen atoms in total. The fourth-order valence-corrected chi connectivity index (χ4v) is 5.81. The number of amidine groups is 1. The van der Waals surface area contributed by atoms with Crippen LogP contribution in [0.4, 0.5) is 5.69 Å². The molecule has 1 amide bonds. The zero-order valence-corrected chi connectivity index (χ0v) is 17.6. The van der Waals surface area contributed by atoms with E-state index >= 15 is 0 Å². The third kappa shape index (κ3) is 3.52. The van der Waals surface area contributed by atoms with Gasteiger partial charge in [-0.3, -0.25) is 10.2 Å². The molecule has 1 fully saturated rings. The van der Waals surface area contributed by atoms with Crippen molar-refractivity contribution < 1.29 is 4.79 Å². The highest BCUT2D eigenvalue weighted by molar-refractivity contribution is 8.00. The molecule has 0 spiro atoms. The molecule has 5 rings (SSSR count). The first kappa shape index (κ1) is 18.6. The van der Waals surface area contributed by atoms with Gasteiger partial charge < -0.3 is 0 Å². The van der Waals surface area contributed by atoms with Crippen molar-refractivity contribution in [2.24, 2.45) is 4.99 Å². The molecule has 7 heteroatoms. The van der Waals surface area contributed by atoms with E-state index in [2.05, 4.69) is 17.6 Å². The molecule has 29 heavy (non-hydrogen) atoms. The summed E-state index contributed by atoms with van der Waals surface area (Å²) in [6, 6.07) is 23.8. The molecule has 144 valence electrons. The van der Waals surface area contributed by atoms with Gasteiger partial charge in [0.25, 0.3) is 5.91 Å². The van der Waals surface area contributed by atoms with E-state index in [1.54, 1.807) is 28.5 Å². The molecule has 0 saturated carbocycles. The number of thioether (sulfide) groups is 1. The number of hydrogen-bond donors (Lipinski definition) is 1. The average Bonchev–Trinajstić information content (AvgIpc) is 3.01. The highest BCUT2D eigenvalue weighted by Gasteiger charge is 2.35. The lowest BCUT2D eigenvalue weighted by atomic mass is 10.2. The van der Waals surface area contributed by atoms with Crippen LogP contribution < -0.4 is 5.43 Å². The molecule has 0 radical (unpaired) electrons. The predicted octanol–water partition coefficient (Wildman–Crippen LogP) is 5.66. The quantitative estimate of drug-likeness (QED) is 0.561. The summed E-state index contributed by atoms with van der Waals surface area (Å²) in [5, 5.41) is 2.09. The van der Waals surface area contributed by atoms with Gasteiger partial charge in [-0.25, -0.2) is 10.0 Å². The van der Waals surface area contributed by atoms with Crippen LogP contribution in [0.25, 0.3) is 0 Å². The van der Waals surface area contributed by atoms with Crippen molar-refractivity contribution >= 4 is 52.6 Å². The summed E-state index contributed by atoms with van der Waals surface area (Å²) in [6.07, 6.45) is 0. The summed E-state index contributed by atoms with van der Waals surface area (Å²) in [4.78, 5) is 19.8. The van der Waals surface area contributed by atoms with Gasteiger partial charge in [-0.05, 0) is 24.3 Å². The van der Waals surface area contributed by atoms with Crippen LogP contribution in [-0.4, -0.2) is 22.5 Å². The van der Waals surface area contributed by atoms with Crippen LogP contribution in [0.1, 0.15) is 16.5 Å². The summed E-state index contributed by atoms with van der Waals surface area (Å²) in [6.45, 7) is 0. The van der Waals surface area contributed by atoms with Crippen molar-refractivity contribution in [2.45, 2.75) is 15.2 Å². The minimum atomic E-state index is -0.211. The van der Waals surface area contributed by atoms with Crippen LogP contribution in [-0.2, 0) is 4.79 Å².